The Hall–Kier alpha value is -2.15. The third-order valence-corrected chi connectivity index (χ3v) is 4.67. The molecule has 1 fully saturated rings. The Morgan fingerprint density at radius 1 is 1.42 bits per heavy atom. The predicted molar refractivity (Wildman–Crippen MR) is 90.8 cm³/mol. The molecule has 1 aliphatic rings. The number of hydrogen-bond donors (Lipinski definition) is 1. The van der Waals surface area contributed by atoms with Gasteiger partial charge >= 0.3 is 0 Å². The van der Waals surface area contributed by atoms with E-state index in [4.69, 9.17) is 4.52 Å². The molecular formula is C17H25N5O2. The minimum absolute atomic E-state index is 0.0523. The number of aryl methyl sites for hydroxylation is 3. The average Bonchev–Trinajstić information content (AvgIpc) is 3.21. The van der Waals surface area contributed by atoms with E-state index in [2.05, 4.69) is 33.5 Å². The number of anilines is 1. The van der Waals surface area contributed by atoms with E-state index in [1.54, 1.807) is 13.0 Å². The van der Waals surface area contributed by atoms with E-state index in [0.717, 1.165) is 37.3 Å². The third kappa shape index (κ3) is 3.51. The summed E-state index contributed by atoms with van der Waals surface area (Å²) in [5.41, 5.74) is 2.19. The second-order valence-corrected chi connectivity index (χ2v) is 6.63. The van der Waals surface area contributed by atoms with Crippen molar-refractivity contribution in [1.82, 2.24) is 19.8 Å². The largest absolute Gasteiger partial charge is 0.360 e. The van der Waals surface area contributed by atoms with Gasteiger partial charge in [0.25, 0.3) is 0 Å². The molecule has 0 spiro atoms. The van der Waals surface area contributed by atoms with Crippen LogP contribution >= 0.6 is 0 Å². The van der Waals surface area contributed by atoms with Crippen molar-refractivity contribution < 1.29 is 9.32 Å². The van der Waals surface area contributed by atoms with E-state index in [0.29, 0.717) is 17.6 Å². The number of carbonyl (C=O) groups excluding carboxylic acids is 1. The topological polar surface area (TPSA) is 76.2 Å². The van der Waals surface area contributed by atoms with Gasteiger partial charge in [0.15, 0.2) is 5.82 Å². The van der Waals surface area contributed by atoms with E-state index in [9.17, 15) is 4.79 Å². The van der Waals surface area contributed by atoms with Crippen LogP contribution in [0.5, 0.6) is 0 Å². The molecule has 130 valence electrons. The Morgan fingerprint density at radius 2 is 2.21 bits per heavy atom. The maximum atomic E-state index is 12.5. The van der Waals surface area contributed by atoms with Gasteiger partial charge in [-0.3, -0.25) is 14.4 Å². The van der Waals surface area contributed by atoms with Crippen LogP contribution in [-0.2, 0) is 11.3 Å². The molecule has 1 amide bonds. The van der Waals surface area contributed by atoms with Crippen LogP contribution in [0, 0.1) is 20.8 Å². The summed E-state index contributed by atoms with van der Waals surface area (Å²) in [5.74, 6) is 1.10. The monoisotopic (exact) mass is 331 g/mol. The quantitative estimate of drug-likeness (QED) is 0.910. The number of hydrogen-bond acceptors (Lipinski definition) is 5. The fraction of sp³-hybridized carbons (Fsp3) is 0.588. The highest BCUT2D eigenvalue weighted by molar-refractivity contribution is 5.93. The summed E-state index contributed by atoms with van der Waals surface area (Å²) in [5, 5.41) is 11.2. The zero-order chi connectivity index (χ0) is 17.3. The van der Waals surface area contributed by atoms with Crippen LogP contribution < -0.4 is 5.32 Å². The molecule has 0 aliphatic carbocycles. The van der Waals surface area contributed by atoms with Gasteiger partial charge in [0.2, 0.25) is 5.91 Å². The number of likely N-dealkylation sites (tertiary alicyclic amines) is 1. The van der Waals surface area contributed by atoms with E-state index >= 15 is 0 Å². The number of rotatable bonds is 5. The summed E-state index contributed by atoms with van der Waals surface area (Å²) in [6, 6.07) is 3.92. The first-order valence-electron chi connectivity index (χ1n) is 8.45. The standard InChI is InChI=1S/C17H25N5O2/c1-11-8-12(2)22(19-11)10-15-6-5-7-21(15)14(4)17(23)18-16-9-13(3)24-20-16/h8-9,14-15H,5-7,10H2,1-4H3,(H,18,20,23)/t14-,15-/m0/s1. The molecule has 0 aromatic carbocycles. The van der Waals surface area contributed by atoms with Gasteiger partial charge in [0, 0.05) is 17.8 Å². The molecule has 2 aromatic heterocycles. The zero-order valence-electron chi connectivity index (χ0n) is 14.7. The summed E-state index contributed by atoms with van der Waals surface area (Å²) in [7, 11) is 0. The fourth-order valence-electron chi connectivity index (χ4n) is 3.43. The van der Waals surface area contributed by atoms with Gasteiger partial charge in [-0.2, -0.15) is 5.10 Å². The van der Waals surface area contributed by atoms with Gasteiger partial charge in [0.05, 0.1) is 18.3 Å². The molecule has 1 saturated heterocycles. The molecule has 1 aliphatic heterocycles. The molecule has 1 N–H and O–H groups in total. The lowest BCUT2D eigenvalue weighted by Gasteiger charge is -2.29. The molecule has 7 nitrogen and oxygen atoms in total. The summed E-state index contributed by atoms with van der Waals surface area (Å²) in [6.45, 7) is 9.57. The summed E-state index contributed by atoms with van der Waals surface area (Å²) >= 11 is 0. The molecule has 0 saturated carbocycles. The second-order valence-electron chi connectivity index (χ2n) is 6.63. The van der Waals surface area contributed by atoms with Crippen molar-refractivity contribution in [2.75, 3.05) is 11.9 Å². The molecule has 7 heteroatoms. The van der Waals surface area contributed by atoms with Gasteiger partial charge in [-0.25, -0.2) is 0 Å². The molecule has 0 bridgehead atoms. The average molecular weight is 331 g/mol. The van der Waals surface area contributed by atoms with Crippen molar-refractivity contribution in [3.63, 3.8) is 0 Å². The first-order chi connectivity index (χ1) is 11.4. The maximum Gasteiger partial charge on any atom is 0.242 e. The number of nitrogens with zero attached hydrogens (tertiary/aromatic N) is 4. The smallest absolute Gasteiger partial charge is 0.242 e. The van der Waals surface area contributed by atoms with Crippen molar-refractivity contribution in [2.45, 2.75) is 59.2 Å². The third-order valence-electron chi connectivity index (χ3n) is 4.67. The molecule has 2 aromatic rings. The SMILES string of the molecule is Cc1cc(C)n(C[C@@H]2CCCN2[C@@H](C)C(=O)Nc2cc(C)on2)n1. The van der Waals surface area contributed by atoms with Crippen LogP contribution in [0.1, 0.15) is 36.9 Å². The Bertz CT molecular complexity index is 720. The number of amides is 1. The highest BCUT2D eigenvalue weighted by Gasteiger charge is 2.32. The maximum absolute atomic E-state index is 12.5. The van der Waals surface area contributed by atoms with E-state index in [-0.39, 0.29) is 11.9 Å². The number of carbonyl (C=O) groups is 1. The lowest BCUT2D eigenvalue weighted by Crippen LogP contribution is -2.46. The van der Waals surface area contributed by atoms with E-state index < -0.39 is 0 Å². The van der Waals surface area contributed by atoms with Crippen molar-refractivity contribution >= 4 is 11.7 Å². The van der Waals surface area contributed by atoms with Crippen LogP contribution in [0.3, 0.4) is 0 Å². The Morgan fingerprint density at radius 3 is 2.83 bits per heavy atom. The van der Waals surface area contributed by atoms with Gasteiger partial charge in [-0.05, 0) is 53.1 Å². The number of aromatic nitrogens is 3. The van der Waals surface area contributed by atoms with Gasteiger partial charge in [-0.1, -0.05) is 5.16 Å². The summed E-state index contributed by atoms with van der Waals surface area (Å²) in [6.07, 6.45) is 2.18. The highest BCUT2D eigenvalue weighted by atomic mass is 16.5. The van der Waals surface area contributed by atoms with Crippen molar-refractivity contribution in [3.05, 3.63) is 29.3 Å². The van der Waals surface area contributed by atoms with Crippen molar-refractivity contribution in [3.8, 4) is 0 Å². The normalized spacial score (nSPS) is 19.6. The van der Waals surface area contributed by atoms with Gasteiger partial charge in [-0.15, -0.1) is 0 Å². The van der Waals surface area contributed by atoms with E-state index in [1.807, 2.05) is 18.5 Å². The van der Waals surface area contributed by atoms with Crippen LogP contribution in [-0.4, -0.2) is 44.4 Å². The Balaban J connectivity index is 1.65. The van der Waals surface area contributed by atoms with Gasteiger partial charge < -0.3 is 9.84 Å². The lowest BCUT2D eigenvalue weighted by atomic mass is 10.2. The minimum Gasteiger partial charge on any atom is -0.360 e. The summed E-state index contributed by atoms with van der Waals surface area (Å²) in [4.78, 5) is 14.8. The molecular weight excluding hydrogens is 306 g/mol. The highest BCUT2D eigenvalue weighted by Crippen LogP contribution is 2.23. The zero-order valence-corrected chi connectivity index (χ0v) is 14.7. The fourth-order valence-corrected chi connectivity index (χ4v) is 3.43. The molecule has 2 atom stereocenters. The second kappa shape index (κ2) is 6.76. The molecule has 24 heavy (non-hydrogen) atoms. The first-order valence-corrected chi connectivity index (χ1v) is 8.45. The Labute approximate surface area is 142 Å². The van der Waals surface area contributed by atoms with Crippen molar-refractivity contribution in [2.24, 2.45) is 0 Å². The summed E-state index contributed by atoms with van der Waals surface area (Å²) < 4.78 is 7.04. The molecule has 0 radical (unpaired) electrons. The molecule has 3 heterocycles. The molecule has 0 unspecified atom stereocenters. The van der Waals surface area contributed by atoms with Crippen molar-refractivity contribution in [1.29, 1.82) is 0 Å². The minimum atomic E-state index is -0.216. The van der Waals surface area contributed by atoms with Crippen LogP contribution in [0.25, 0.3) is 0 Å². The lowest BCUT2D eigenvalue weighted by molar-refractivity contribution is -0.121. The van der Waals surface area contributed by atoms with Crippen LogP contribution in [0.4, 0.5) is 5.82 Å². The van der Waals surface area contributed by atoms with Crippen LogP contribution in [0.15, 0.2) is 16.7 Å². The molecule has 3 rings (SSSR count). The predicted octanol–water partition coefficient (Wildman–Crippen LogP) is 2.29. The van der Waals surface area contributed by atoms with Gasteiger partial charge in [0.1, 0.15) is 5.76 Å². The van der Waals surface area contributed by atoms with E-state index in [1.165, 1.54) is 0 Å². The number of nitrogens with one attached hydrogen (secondary N) is 1. The van der Waals surface area contributed by atoms with Crippen LogP contribution in [0.2, 0.25) is 0 Å². The Kier molecular flexibility index (Phi) is 4.71. The first kappa shape index (κ1) is 16.7.